The van der Waals surface area contributed by atoms with Crippen LogP contribution in [0.3, 0.4) is 0 Å². The second kappa shape index (κ2) is 6.35. The number of hydrogen-bond donors (Lipinski definition) is 0. The molecule has 2 rings (SSSR count). The Morgan fingerprint density at radius 1 is 0.955 bits per heavy atom. The predicted octanol–water partition coefficient (Wildman–Crippen LogP) is 5.06. The van der Waals surface area contributed by atoms with Gasteiger partial charge in [-0.1, -0.05) is 36.4 Å². The lowest BCUT2D eigenvalue weighted by Crippen LogP contribution is -2.38. The summed E-state index contributed by atoms with van der Waals surface area (Å²) in [6.07, 6.45) is 0.467. The Labute approximate surface area is 133 Å². The molecule has 0 N–H and O–H groups in total. The van der Waals surface area contributed by atoms with Crippen LogP contribution in [-0.2, 0) is 11.2 Å². The first-order valence-corrected chi connectivity index (χ1v) is 7.74. The first-order chi connectivity index (χ1) is 10.3. The molecule has 0 radical (unpaired) electrons. The molecule has 2 nitrogen and oxygen atoms in total. The third kappa shape index (κ3) is 3.56. The van der Waals surface area contributed by atoms with Gasteiger partial charge in [0.15, 0.2) is 0 Å². The summed E-state index contributed by atoms with van der Waals surface area (Å²) in [6.45, 7) is 10.4. The van der Waals surface area contributed by atoms with Crippen LogP contribution in [0.15, 0.2) is 48.5 Å². The van der Waals surface area contributed by atoms with Crippen molar-refractivity contribution in [2.45, 2.75) is 46.6 Å². The molecule has 116 valence electrons. The van der Waals surface area contributed by atoms with Crippen LogP contribution in [0.25, 0.3) is 0 Å². The molecule has 0 unspecified atom stereocenters. The summed E-state index contributed by atoms with van der Waals surface area (Å²) in [5.74, 6) is 0.186. The molecule has 0 saturated heterocycles. The number of benzene rings is 2. The maximum absolute atomic E-state index is 11.6. The van der Waals surface area contributed by atoms with E-state index in [2.05, 4.69) is 62.9 Å². The number of ketones is 1. The number of carbonyl (C=O) groups excluding carboxylic acids is 1. The monoisotopic (exact) mass is 295 g/mol. The average molecular weight is 295 g/mol. The van der Waals surface area contributed by atoms with Gasteiger partial charge in [0.2, 0.25) is 0 Å². The van der Waals surface area contributed by atoms with Crippen LogP contribution in [0.5, 0.6) is 0 Å². The molecular weight excluding hydrogens is 270 g/mol. The van der Waals surface area contributed by atoms with E-state index in [9.17, 15) is 4.79 Å². The highest BCUT2D eigenvalue weighted by Gasteiger charge is 2.26. The zero-order valence-corrected chi connectivity index (χ0v) is 14.2. The van der Waals surface area contributed by atoms with Crippen molar-refractivity contribution in [3.05, 3.63) is 59.7 Å². The molecule has 0 aliphatic rings. The molecule has 22 heavy (non-hydrogen) atoms. The van der Waals surface area contributed by atoms with Gasteiger partial charge in [0.1, 0.15) is 5.78 Å². The van der Waals surface area contributed by atoms with E-state index in [0.717, 1.165) is 11.3 Å². The van der Waals surface area contributed by atoms with E-state index in [4.69, 9.17) is 0 Å². The lowest BCUT2D eigenvalue weighted by Gasteiger charge is -2.40. The molecule has 2 heteroatoms. The lowest BCUT2D eigenvalue weighted by atomic mass is 9.98. The van der Waals surface area contributed by atoms with E-state index in [1.807, 2.05) is 18.2 Å². The number of anilines is 2. The van der Waals surface area contributed by atoms with Crippen molar-refractivity contribution in [3.63, 3.8) is 0 Å². The standard InChI is InChI=1S/C20H25NO/c1-15-10-6-8-12-18(15)21(20(3,4)5)19-13-9-7-11-17(19)14-16(2)22/h6-13H,14H2,1-5H3. The van der Waals surface area contributed by atoms with E-state index in [0.29, 0.717) is 6.42 Å². The van der Waals surface area contributed by atoms with Crippen LogP contribution in [0, 0.1) is 6.92 Å². The number of nitrogens with zero attached hydrogens (tertiary/aromatic N) is 1. The Morgan fingerprint density at radius 2 is 1.50 bits per heavy atom. The van der Waals surface area contributed by atoms with E-state index in [1.165, 1.54) is 11.3 Å². The molecule has 0 fully saturated rings. The third-order valence-corrected chi connectivity index (χ3v) is 3.70. The summed E-state index contributed by atoms with van der Waals surface area (Å²) < 4.78 is 0. The molecule has 0 aliphatic carbocycles. The Kier molecular flexibility index (Phi) is 4.70. The fraction of sp³-hybridized carbons (Fsp3) is 0.350. The summed E-state index contributed by atoms with van der Waals surface area (Å²) in [5, 5.41) is 0. The van der Waals surface area contributed by atoms with Crippen molar-refractivity contribution >= 4 is 17.2 Å². The molecule has 2 aromatic carbocycles. The number of carbonyl (C=O) groups is 1. The van der Waals surface area contributed by atoms with E-state index >= 15 is 0 Å². The van der Waals surface area contributed by atoms with Crippen molar-refractivity contribution in [2.75, 3.05) is 4.90 Å². The smallest absolute Gasteiger partial charge is 0.134 e. The average Bonchev–Trinajstić information content (AvgIpc) is 2.41. The Bertz CT molecular complexity index is 667. The second-order valence-corrected chi connectivity index (χ2v) is 6.80. The van der Waals surface area contributed by atoms with Crippen molar-refractivity contribution in [1.29, 1.82) is 0 Å². The van der Waals surface area contributed by atoms with Crippen LogP contribution in [-0.4, -0.2) is 11.3 Å². The zero-order valence-electron chi connectivity index (χ0n) is 14.2. The van der Waals surface area contributed by atoms with E-state index in [1.54, 1.807) is 6.92 Å². The number of Topliss-reactive ketones (excluding diaryl/α,β-unsaturated/α-hetero) is 1. The minimum absolute atomic E-state index is 0.0843. The summed E-state index contributed by atoms with van der Waals surface area (Å²) in [5.41, 5.74) is 4.52. The molecule has 0 aromatic heterocycles. The third-order valence-electron chi connectivity index (χ3n) is 3.70. The molecule has 0 bridgehead atoms. The summed E-state index contributed by atoms with van der Waals surface area (Å²) in [6, 6.07) is 16.6. The lowest BCUT2D eigenvalue weighted by molar-refractivity contribution is -0.116. The molecule has 0 atom stereocenters. The first kappa shape index (κ1) is 16.3. The SMILES string of the molecule is CC(=O)Cc1ccccc1N(c1ccccc1C)C(C)(C)C. The second-order valence-electron chi connectivity index (χ2n) is 6.80. The largest absolute Gasteiger partial charge is 0.336 e. The van der Waals surface area contributed by atoms with Gasteiger partial charge in [0.25, 0.3) is 0 Å². The molecule has 0 heterocycles. The topological polar surface area (TPSA) is 20.3 Å². The van der Waals surface area contributed by atoms with Gasteiger partial charge < -0.3 is 4.90 Å². The van der Waals surface area contributed by atoms with Crippen LogP contribution < -0.4 is 4.90 Å². The number of para-hydroxylation sites is 2. The van der Waals surface area contributed by atoms with E-state index < -0.39 is 0 Å². The normalized spacial score (nSPS) is 11.3. The fourth-order valence-electron chi connectivity index (χ4n) is 2.81. The van der Waals surface area contributed by atoms with Gasteiger partial charge >= 0.3 is 0 Å². The fourth-order valence-corrected chi connectivity index (χ4v) is 2.81. The molecular formula is C20H25NO. The summed E-state index contributed by atoms with van der Waals surface area (Å²) >= 11 is 0. The van der Waals surface area contributed by atoms with Crippen LogP contribution >= 0.6 is 0 Å². The quantitative estimate of drug-likeness (QED) is 0.785. The zero-order chi connectivity index (χ0) is 16.3. The van der Waals surface area contributed by atoms with Crippen molar-refractivity contribution in [2.24, 2.45) is 0 Å². The molecule has 0 aliphatic heterocycles. The minimum atomic E-state index is -0.0843. The van der Waals surface area contributed by atoms with Gasteiger partial charge in [-0.25, -0.2) is 0 Å². The van der Waals surface area contributed by atoms with Gasteiger partial charge in [0, 0.05) is 23.3 Å². The van der Waals surface area contributed by atoms with Gasteiger partial charge in [-0.3, -0.25) is 4.79 Å². The number of aryl methyl sites for hydroxylation is 1. The van der Waals surface area contributed by atoms with Gasteiger partial charge in [-0.15, -0.1) is 0 Å². The predicted molar refractivity (Wildman–Crippen MR) is 93.9 cm³/mol. The number of rotatable bonds is 4. The Hall–Kier alpha value is -2.09. The highest BCUT2D eigenvalue weighted by Crippen LogP contribution is 2.37. The molecule has 0 amide bonds. The maximum atomic E-state index is 11.6. The van der Waals surface area contributed by atoms with Gasteiger partial charge in [-0.05, 0) is 57.9 Å². The number of hydrogen-bond acceptors (Lipinski definition) is 2. The highest BCUT2D eigenvalue weighted by atomic mass is 16.1. The van der Waals surface area contributed by atoms with Gasteiger partial charge in [0.05, 0.1) is 0 Å². The molecule has 2 aromatic rings. The van der Waals surface area contributed by atoms with Crippen LogP contribution in [0.4, 0.5) is 11.4 Å². The van der Waals surface area contributed by atoms with Gasteiger partial charge in [-0.2, -0.15) is 0 Å². The Morgan fingerprint density at radius 3 is 2.05 bits per heavy atom. The summed E-state index contributed by atoms with van der Waals surface area (Å²) in [7, 11) is 0. The van der Waals surface area contributed by atoms with Crippen molar-refractivity contribution in [1.82, 2.24) is 0 Å². The van der Waals surface area contributed by atoms with Crippen LogP contribution in [0.1, 0.15) is 38.8 Å². The maximum Gasteiger partial charge on any atom is 0.134 e. The Balaban J connectivity index is 2.62. The first-order valence-electron chi connectivity index (χ1n) is 7.74. The van der Waals surface area contributed by atoms with Crippen molar-refractivity contribution < 1.29 is 4.79 Å². The molecule has 0 saturated carbocycles. The summed E-state index contributed by atoms with van der Waals surface area (Å²) in [4.78, 5) is 14.0. The van der Waals surface area contributed by atoms with Crippen molar-refractivity contribution in [3.8, 4) is 0 Å². The van der Waals surface area contributed by atoms with Crippen LogP contribution in [0.2, 0.25) is 0 Å². The molecule has 0 spiro atoms. The minimum Gasteiger partial charge on any atom is -0.336 e. The van der Waals surface area contributed by atoms with E-state index in [-0.39, 0.29) is 11.3 Å². The highest BCUT2D eigenvalue weighted by molar-refractivity contribution is 5.82.